The second kappa shape index (κ2) is 5.23. The fourth-order valence-electron chi connectivity index (χ4n) is 2.14. The third-order valence-electron chi connectivity index (χ3n) is 3.39. The minimum atomic E-state index is 0.544. The van der Waals surface area contributed by atoms with E-state index in [0.29, 0.717) is 6.54 Å². The molecule has 0 unspecified atom stereocenters. The maximum atomic E-state index is 5.72. The molecule has 2 aromatic rings. The van der Waals surface area contributed by atoms with Crippen LogP contribution in [0.4, 0.5) is 0 Å². The van der Waals surface area contributed by atoms with E-state index in [-0.39, 0.29) is 0 Å². The molecule has 0 amide bonds. The number of hydrogen-bond acceptors (Lipinski definition) is 2. The summed E-state index contributed by atoms with van der Waals surface area (Å²) in [5.41, 5.74) is 11.7. The molecule has 0 bridgehead atoms. The fraction of sp³-hybridized carbons (Fsp3) is 0.250. The molecular formula is C16H19NO. The van der Waals surface area contributed by atoms with Crippen molar-refractivity contribution >= 4 is 0 Å². The Morgan fingerprint density at radius 1 is 1.06 bits per heavy atom. The van der Waals surface area contributed by atoms with Gasteiger partial charge in [0.05, 0.1) is 7.11 Å². The second-order valence-corrected chi connectivity index (χ2v) is 4.49. The average Bonchev–Trinajstić information content (AvgIpc) is 2.41. The van der Waals surface area contributed by atoms with Gasteiger partial charge in [0.1, 0.15) is 5.75 Å². The number of benzene rings is 2. The Morgan fingerprint density at radius 3 is 2.50 bits per heavy atom. The average molecular weight is 241 g/mol. The molecule has 0 saturated heterocycles. The highest BCUT2D eigenvalue weighted by atomic mass is 16.5. The van der Waals surface area contributed by atoms with Crippen LogP contribution < -0.4 is 10.5 Å². The molecular weight excluding hydrogens is 222 g/mol. The lowest BCUT2D eigenvalue weighted by molar-refractivity contribution is 0.416. The van der Waals surface area contributed by atoms with Crippen LogP contribution in [0, 0.1) is 13.8 Å². The summed E-state index contributed by atoms with van der Waals surface area (Å²) in [6.45, 7) is 4.80. The zero-order valence-corrected chi connectivity index (χ0v) is 11.2. The summed E-state index contributed by atoms with van der Waals surface area (Å²) in [6.07, 6.45) is 0. The van der Waals surface area contributed by atoms with Gasteiger partial charge in [-0.05, 0) is 48.2 Å². The number of methoxy groups -OCH3 is 1. The van der Waals surface area contributed by atoms with Crippen LogP contribution in [-0.2, 0) is 6.54 Å². The van der Waals surface area contributed by atoms with Gasteiger partial charge in [0.2, 0.25) is 0 Å². The standard InChI is InChI=1S/C16H19NO/c1-11-5-4-6-14(12(11)2)15-9-13(10-17)7-8-16(15)18-3/h4-9H,10,17H2,1-3H3. The van der Waals surface area contributed by atoms with Crippen molar-refractivity contribution in [3.05, 3.63) is 53.1 Å². The van der Waals surface area contributed by atoms with Crippen molar-refractivity contribution in [2.24, 2.45) is 5.73 Å². The van der Waals surface area contributed by atoms with Crippen molar-refractivity contribution in [3.63, 3.8) is 0 Å². The summed E-state index contributed by atoms with van der Waals surface area (Å²) in [6, 6.07) is 12.4. The van der Waals surface area contributed by atoms with Crippen molar-refractivity contribution < 1.29 is 4.74 Å². The monoisotopic (exact) mass is 241 g/mol. The summed E-state index contributed by atoms with van der Waals surface area (Å²) < 4.78 is 5.45. The zero-order chi connectivity index (χ0) is 13.1. The van der Waals surface area contributed by atoms with E-state index < -0.39 is 0 Å². The molecule has 18 heavy (non-hydrogen) atoms. The van der Waals surface area contributed by atoms with E-state index in [2.05, 4.69) is 38.1 Å². The molecule has 2 rings (SSSR count). The first kappa shape index (κ1) is 12.7. The van der Waals surface area contributed by atoms with Crippen LogP contribution in [0.3, 0.4) is 0 Å². The number of hydrogen-bond donors (Lipinski definition) is 1. The van der Waals surface area contributed by atoms with Gasteiger partial charge in [0.25, 0.3) is 0 Å². The normalized spacial score (nSPS) is 10.4. The van der Waals surface area contributed by atoms with E-state index >= 15 is 0 Å². The number of ether oxygens (including phenoxy) is 1. The van der Waals surface area contributed by atoms with Crippen molar-refractivity contribution in [2.45, 2.75) is 20.4 Å². The Balaban J connectivity index is 2.64. The molecule has 0 spiro atoms. The summed E-state index contributed by atoms with van der Waals surface area (Å²) in [7, 11) is 1.70. The Kier molecular flexibility index (Phi) is 3.68. The van der Waals surface area contributed by atoms with Crippen molar-refractivity contribution in [3.8, 4) is 16.9 Å². The number of nitrogens with two attached hydrogens (primary N) is 1. The molecule has 0 radical (unpaired) electrons. The molecule has 2 nitrogen and oxygen atoms in total. The Labute approximate surface area is 108 Å². The van der Waals surface area contributed by atoms with Gasteiger partial charge in [-0.15, -0.1) is 0 Å². The topological polar surface area (TPSA) is 35.2 Å². The van der Waals surface area contributed by atoms with Gasteiger partial charge in [0, 0.05) is 12.1 Å². The maximum Gasteiger partial charge on any atom is 0.126 e. The summed E-state index contributed by atoms with van der Waals surface area (Å²) in [5.74, 6) is 0.890. The zero-order valence-electron chi connectivity index (χ0n) is 11.2. The van der Waals surface area contributed by atoms with Crippen molar-refractivity contribution in [2.75, 3.05) is 7.11 Å². The highest BCUT2D eigenvalue weighted by molar-refractivity contribution is 5.74. The largest absolute Gasteiger partial charge is 0.496 e. The van der Waals surface area contributed by atoms with Gasteiger partial charge in [-0.2, -0.15) is 0 Å². The maximum absolute atomic E-state index is 5.72. The molecule has 0 fully saturated rings. The van der Waals surface area contributed by atoms with Crippen LogP contribution in [0.25, 0.3) is 11.1 Å². The molecule has 94 valence electrons. The minimum absolute atomic E-state index is 0.544. The SMILES string of the molecule is COc1ccc(CN)cc1-c1cccc(C)c1C. The molecule has 0 saturated carbocycles. The molecule has 0 heterocycles. The van der Waals surface area contributed by atoms with E-state index in [1.165, 1.54) is 16.7 Å². The highest BCUT2D eigenvalue weighted by Gasteiger charge is 2.10. The smallest absolute Gasteiger partial charge is 0.126 e. The predicted molar refractivity (Wildman–Crippen MR) is 75.8 cm³/mol. The van der Waals surface area contributed by atoms with Crippen molar-refractivity contribution in [1.82, 2.24) is 0 Å². The molecule has 0 aliphatic carbocycles. The lowest BCUT2D eigenvalue weighted by atomic mass is 9.95. The molecule has 0 atom stereocenters. The van der Waals surface area contributed by atoms with E-state index in [0.717, 1.165) is 16.9 Å². The minimum Gasteiger partial charge on any atom is -0.496 e. The Hall–Kier alpha value is -1.80. The molecule has 0 aliphatic heterocycles. The van der Waals surface area contributed by atoms with Crippen LogP contribution >= 0.6 is 0 Å². The molecule has 2 N–H and O–H groups in total. The highest BCUT2D eigenvalue weighted by Crippen LogP contribution is 2.33. The lowest BCUT2D eigenvalue weighted by Crippen LogP contribution is -1.98. The van der Waals surface area contributed by atoms with E-state index in [4.69, 9.17) is 10.5 Å². The number of rotatable bonds is 3. The third-order valence-corrected chi connectivity index (χ3v) is 3.39. The van der Waals surface area contributed by atoms with Crippen molar-refractivity contribution in [1.29, 1.82) is 0 Å². The second-order valence-electron chi connectivity index (χ2n) is 4.49. The Bertz CT molecular complexity index is 561. The first-order chi connectivity index (χ1) is 8.67. The molecule has 0 aromatic heterocycles. The predicted octanol–water partition coefficient (Wildman–Crippen LogP) is 3.44. The lowest BCUT2D eigenvalue weighted by Gasteiger charge is -2.14. The molecule has 2 heteroatoms. The van der Waals surface area contributed by atoms with Gasteiger partial charge in [-0.3, -0.25) is 0 Å². The summed E-state index contributed by atoms with van der Waals surface area (Å²) >= 11 is 0. The van der Waals surface area contributed by atoms with E-state index in [1.54, 1.807) is 7.11 Å². The quantitative estimate of drug-likeness (QED) is 0.893. The first-order valence-electron chi connectivity index (χ1n) is 6.11. The molecule has 0 aliphatic rings. The van der Waals surface area contributed by atoms with E-state index in [1.807, 2.05) is 12.1 Å². The van der Waals surface area contributed by atoms with Crippen LogP contribution in [-0.4, -0.2) is 7.11 Å². The molecule has 2 aromatic carbocycles. The van der Waals surface area contributed by atoms with E-state index in [9.17, 15) is 0 Å². The van der Waals surface area contributed by atoms with Crippen LogP contribution in [0.15, 0.2) is 36.4 Å². The number of aryl methyl sites for hydroxylation is 1. The van der Waals surface area contributed by atoms with Gasteiger partial charge in [0.15, 0.2) is 0 Å². The van der Waals surface area contributed by atoms with Crippen LogP contribution in [0.1, 0.15) is 16.7 Å². The van der Waals surface area contributed by atoms with Gasteiger partial charge in [-0.1, -0.05) is 24.3 Å². The van der Waals surface area contributed by atoms with Gasteiger partial charge >= 0.3 is 0 Å². The van der Waals surface area contributed by atoms with Gasteiger partial charge < -0.3 is 10.5 Å². The summed E-state index contributed by atoms with van der Waals surface area (Å²) in [4.78, 5) is 0. The van der Waals surface area contributed by atoms with Gasteiger partial charge in [-0.25, -0.2) is 0 Å². The Morgan fingerprint density at radius 2 is 1.83 bits per heavy atom. The third kappa shape index (κ3) is 2.24. The fourth-order valence-corrected chi connectivity index (χ4v) is 2.14. The van der Waals surface area contributed by atoms with Crippen LogP contribution in [0.5, 0.6) is 5.75 Å². The van der Waals surface area contributed by atoms with Crippen LogP contribution in [0.2, 0.25) is 0 Å². The summed E-state index contributed by atoms with van der Waals surface area (Å²) in [5, 5.41) is 0. The first-order valence-corrected chi connectivity index (χ1v) is 6.11.